The van der Waals surface area contributed by atoms with Gasteiger partial charge < -0.3 is 14.9 Å². The number of nitrogens with zero attached hydrogens (tertiary/aromatic N) is 2. The van der Waals surface area contributed by atoms with Crippen LogP contribution in [0.1, 0.15) is 36.6 Å². The maximum atomic E-state index is 12.9. The van der Waals surface area contributed by atoms with E-state index in [1.165, 1.54) is 0 Å². The maximum absolute atomic E-state index is 12.9. The Morgan fingerprint density at radius 3 is 2.21 bits per heavy atom. The predicted molar refractivity (Wildman–Crippen MR) is 114 cm³/mol. The molecule has 1 aliphatic rings. The molecule has 1 atom stereocenters. The number of aliphatic hydroxyl groups excluding tert-OH is 1. The van der Waals surface area contributed by atoms with E-state index in [-0.39, 0.29) is 11.3 Å². The fraction of sp³-hybridized carbons (Fsp3) is 0.333. The first kappa shape index (κ1) is 20.8. The third kappa shape index (κ3) is 4.25. The fourth-order valence-corrected chi connectivity index (χ4v) is 3.75. The van der Waals surface area contributed by atoms with Crippen molar-refractivity contribution in [3.05, 3.63) is 76.9 Å². The Morgan fingerprint density at radius 1 is 1.00 bits per heavy atom. The molecule has 1 N–H and O–H groups in total. The summed E-state index contributed by atoms with van der Waals surface area (Å²) in [6.45, 7) is 8.96. The minimum atomic E-state index is -0.628. The number of aryl methyl sites for hydroxylation is 1. The highest BCUT2D eigenvalue weighted by Gasteiger charge is 2.45. The molecule has 0 unspecified atom stereocenters. The lowest BCUT2D eigenvalue weighted by Gasteiger charge is -2.28. The van der Waals surface area contributed by atoms with Gasteiger partial charge in [-0.2, -0.15) is 0 Å². The van der Waals surface area contributed by atoms with Crippen LogP contribution >= 0.6 is 0 Å². The molecular formula is C24H28N2O3. The van der Waals surface area contributed by atoms with Crippen LogP contribution in [0.15, 0.2) is 60.2 Å². The fourth-order valence-electron chi connectivity index (χ4n) is 3.75. The third-order valence-electron chi connectivity index (χ3n) is 5.53. The Hall–Kier alpha value is -2.92. The Morgan fingerprint density at radius 2 is 1.62 bits per heavy atom. The average molecular weight is 392 g/mol. The summed E-state index contributed by atoms with van der Waals surface area (Å²) >= 11 is 0. The number of aliphatic hydroxyl groups is 1. The van der Waals surface area contributed by atoms with Crippen molar-refractivity contribution in [2.75, 3.05) is 26.2 Å². The van der Waals surface area contributed by atoms with Crippen LogP contribution in [-0.4, -0.2) is 52.8 Å². The van der Waals surface area contributed by atoms with E-state index in [2.05, 4.69) is 18.7 Å². The van der Waals surface area contributed by atoms with Crippen molar-refractivity contribution in [3.8, 4) is 0 Å². The van der Waals surface area contributed by atoms with E-state index in [1.54, 1.807) is 17.0 Å². The summed E-state index contributed by atoms with van der Waals surface area (Å²) < 4.78 is 0. The molecule has 3 rings (SSSR count). The molecule has 0 radical (unpaired) electrons. The average Bonchev–Trinajstić information content (AvgIpc) is 3.00. The number of carbonyl (C=O) groups excluding carboxylic acids is 2. The van der Waals surface area contributed by atoms with Gasteiger partial charge in [-0.25, -0.2) is 0 Å². The van der Waals surface area contributed by atoms with Gasteiger partial charge in [0.25, 0.3) is 11.7 Å². The van der Waals surface area contributed by atoms with E-state index in [0.717, 1.165) is 24.2 Å². The minimum absolute atomic E-state index is 0.123. The van der Waals surface area contributed by atoms with E-state index >= 15 is 0 Å². The summed E-state index contributed by atoms with van der Waals surface area (Å²) in [7, 11) is 0. The second-order valence-electron chi connectivity index (χ2n) is 7.30. The topological polar surface area (TPSA) is 60.9 Å². The Labute approximate surface area is 172 Å². The lowest BCUT2D eigenvalue weighted by Crippen LogP contribution is -2.38. The number of ketones is 1. The monoisotopic (exact) mass is 392 g/mol. The number of hydrogen-bond acceptors (Lipinski definition) is 4. The molecule has 1 heterocycles. The van der Waals surface area contributed by atoms with Crippen molar-refractivity contribution in [1.29, 1.82) is 0 Å². The van der Waals surface area contributed by atoms with Crippen molar-refractivity contribution in [3.63, 3.8) is 0 Å². The standard InChI is InChI=1S/C24H28N2O3/c1-4-25(5-2)15-16-26-21(18-9-7-6-8-10-18)20(23(28)24(26)29)22(27)19-13-11-17(3)12-14-19/h6-14,21,27H,4-5,15-16H2,1-3H3/t21-/m1/s1. The molecule has 1 aliphatic heterocycles. The molecule has 152 valence electrons. The van der Waals surface area contributed by atoms with Crippen LogP contribution in [-0.2, 0) is 9.59 Å². The lowest BCUT2D eigenvalue weighted by molar-refractivity contribution is -0.140. The smallest absolute Gasteiger partial charge is 0.295 e. The molecule has 2 aromatic rings. The molecule has 0 bridgehead atoms. The molecule has 5 nitrogen and oxygen atoms in total. The van der Waals surface area contributed by atoms with E-state index < -0.39 is 17.7 Å². The number of hydrogen-bond donors (Lipinski definition) is 1. The van der Waals surface area contributed by atoms with Crippen molar-refractivity contribution < 1.29 is 14.7 Å². The van der Waals surface area contributed by atoms with Gasteiger partial charge >= 0.3 is 0 Å². The summed E-state index contributed by atoms with van der Waals surface area (Å²) in [5.74, 6) is -1.31. The highest BCUT2D eigenvalue weighted by atomic mass is 16.3. The Kier molecular flexibility index (Phi) is 6.49. The van der Waals surface area contributed by atoms with Crippen molar-refractivity contribution in [2.45, 2.75) is 26.8 Å². The second-order valence-corrected chi connectivity index (χ2v) is 7.30. The number of rotatable bonds is 7. The van der Waals surface area contributed by atoms with E-state index in [4.69, 9.17) is 0 Å². The zero-order chi connectivity index (χ0) is 21.0. The molecular weight excluding hydrogens is 364 g/mol. The van der Waals surface area contributed by atoms with Crippen LogP contribution < -0.4 is 0 Å². The van der Waals surface area contributed by atoms with E-state index in [1.807, 2.05) is 49.4 Å². The van der Waals surface area contributed by atoms with Crippen LogP contribution in [0, 0.1) is 6.92 Å². The molecule has 2 aromatic carbocycles. The van der Waals surface area contributed by atoms with Gasteiger partial charge in [0.05, 0.1) is 11.6 Å². The van der Waals surface area contributed by atoms with Crippen LogP contribution in [0.25, 0.3) is 5.76 Å². The molecule has 0 aromatic heterocycles. The summed E-state index contributed by atoms with van der Waals surface area (Å²) in [4.78, 5) is 29.6. The van der Waals surface area contributed by atoms with Crippen molar-refractivity contribution >= 4 is 17.4 Å². The summed E-state index contributed by atoms with van der Waals surface area (Å²) in [5.41, 5.74) is 2.57. The number of likely N-dealkylation sites (N-methyl/N-ethyl adjacent to an activating group) is 1. The number of benzene rings is 2. The van der Waals surface area contributed by atoms with Gasteiger partial charge in [-0.05, 0) is 25.6 Å². The van der Waals surface area contributed by atoms with Crippen molar-refractivity contribution in [1.82, 2.24) is 9.80 Å². The molecule has 1 saturated heterocycles. The van der Waals surface area contributed by atoms with Gasteiger partial charge in [0.2, 0.25) is 0 Å². The van der Waals surface area contributed by atoms with Crippen LogP contribution in [0.4, 0.5) is 0 Å². The van der Waals surface area contributed by atoms with Gasteiger partial charge in [0, 0.05) is 18.7 Å². The lowest BCUT2D eigenvalue weighted by atomic mass is 9.95. The van der Waals surface area contributed by atoms with Crippen LogP contribution in [0.3, 0.4) is 0 Å². The largest absolute Gasteiger partial charge is 0.507 e. The van der Waals surface area contributed by atoms with E-state index in [0.29, 0.717) is 18.7 Å². The number of carbonyl (C=O) groups is 2. The normalized spacial score (nSPS) is 18.6. The van der Waals surface area contributed by atoms with Gasteiger partial charge in [-0.15, -0.1) is 0 Å². The summed E-state index contributed by atoms with van der Waals surface area (Å²) in [5, 5.41) is 11.0. The van der Waals surface area contributed by atoms with Gasteiger partial charge in [0.15, 0.2) is 0 Å². The number of likely N-dealkylation sites (tertiary alicyclic amines) is 1. The molecule has 5 heteroatoms. The molecule has 29 heavy (non-hydrogen) atoms. The highest BCUT2D eigenvalue weighted by molar-refractivity contribution is 6.46. The van der Waals surface area contributed by atoms with E-state index in [9.17, 15) is 14.7 Å². The Balaban J connectivity index is 2.06. The molecule has 0 saturated carbocycles. The first-order valence-corrected chi connectivity index (χ1v) is 10.1. The van der Waals surface area contributed by atoms with Gasteiger partial charge in [-0.3, -0.25) is 9.59 Å². The minimum Gasteiger partial charge on any atom is -0.507 e. The maximum Gasteiger partial charge on any atom is 0.295 e. The van der Waals surface area contributed by atoms with Crippen LogP contribution in [0.5, 0.6) is 0 Å². The molecule has 0 aliphatic carbocycles. The third-order valence-corrected chi connectivity index (χ3v) is 5.53. The zero-order valence-electron chi connectivity index (χ0n) is 17.3. The second kappa shape index (κ2) is 9.05. The SMILES string of the molecule is CCN(CC)CCN1C(=O)C(=O)C(=C(O)c2ccc(C)cc2)[C@H]1c1ccccc1. The first-order valence-electron chi connectivity index (χ1n) is 10.1. The van der Waals surface area contributed by atoms with Gasteiger partial charge in [0.1, 0.15) is 5.76 Å². The predicted octanol–water partition coefficient (Wildman–Crippen LogP) is 3.76. The van der Waals surface area contributed by atoms with Gasteiger partial charge in [-0.1, -0.05) is 74.0 Å². The molecule has 1 fully saturated rings. The summed E-state index contributed by atoms with van der Waals surface area (Å²) in [6, 6.07) is 16.2. The summed E-state index contributed by atoms with van der Waals surface area (Å²) in [6.07, 6.45) is 0. The van der Waals surface area contributed by atoms with Crippen molar-refractivity contribution in [2.24, 2.45) is 0 Å². The quantitative estimate of drug-likeness (QED) is 0.443. The Bertz CT molecular complexity index is 899. The number of Topliss-reactive ketones (excluding diaryl/α,β-unsaturated/α-hetero) is 1. The highest BCUT2D eigenvalue weighted by Crippen LogP contribution is 2.39. The zero-order valence-corrected chi connectivity index (χ0v) is 17.3. The molecule has 0 spiro atoms. The van der Waals surface area contributed by atoms with Crippen LogP contribution in [0.2, 0.25) is 0 Å². The number of amides is 1. The molecule has 1 amide bonds. The first-order chi connectivity index (χ1) is 14.0.